The van der Waals surface area contributed by atoms with E-state index in [0.717, 1.165) is 12.1 Å². The van der Waals surface area contributed by atoms with Gasteiger partial charge in [-0.3, -0.25) is 14.6 Å². The van der Waals surface area contributed by atoms with E-state index in [1.807, 2.05) is 42.2 Å². The number of anilines is 1. The second-order valence-corrected chi connectivity index (χ2v) is 9.30. The van der Waals surface area contributed by atoms with Gasteiger partial charge in [-0.15, -0.1) is 0 Å². The molecular formula is C28H32FN4O4+. The van der Waals surface area contributed by atoms with Gasteiger partial charge in [-0.2, -0.15) is 0 Å². The molecule has 0 unspecified atom stereocenters. The number of pyridine rings is 1. The van der Waals surface area contributed by atoms with Crippen LogP contribution in [0.15, 0.2) is 60.9 Å². The van der Waals surface area contributed by atoms with Gasteiger partial charge < -0.3 is 14.8 Å². The van der Waals surface area contributed by atoms with Crippen molar-refractivity contribution in [2.45, 2.75) is 26.1 Å². The van der Waals surface area contributed by atoms with Crippen molar-refractivity contribution in [2.75, 3.05) is 32.1 Å². The molecule has 1 aromatic heterocycles. The molecule has 1 atom stereocenters. The van der Waals surface area contributed by atoms with E-state index in [0.29, 0.717) is 29.1 Å². The van der Waals surface area contributed by atoms with E-state index in [2.05, 4.69) is 29.4 Å². The zero-order valence-electron chi connectivity index (χ0n) is 21.5. The monoisotopic (exact) mass is 507 g/mol. The smallest absolute Gasteiger partial charge is 0.414 e. The lowest BCUT2D eigenvalue weighted by Gasteiger charge is -2.19. The molecule has 1 aliphatic heterocycles. The summed E-state index contributed by atoms with van der Waals surface area (Å²) >= 11 is 0. The molecule has 194 valence electrons. The summed E-state index contributed by atoms with van der Waals surface area (Å²) in [6.45, 7) is 3.33. The lowest BCUT2D eigenvalue weighted by Crippen LogP contribution is -2.33. The molecule has 1 aliphatic rings. The maximum Gasteiger partial charge on any atom is 0.414 e. The number of hydrogen-bond acceptors (Lipinski definition) is 5. The van der Waals surface area contributed by atoms with Crippen molar-refractivity contribution in [3.05, 3.63) is 77.9 Å². The fraction of sp³-hybridized carbons (Fsp3) is 0.321. The second kappa shape index (κ2) is 11.4. The lowest BCUT2D eigenvalue weighted by atomic mass is 10.0. The summed E-state index contributed by atoms with van der Waals surface area (Å²) in [4.78, 5) is 27.0. The van der Waals surface area contributed by atoms with Gasteiger partial charge in [0.05, 0.1) is 25.9 Å². The number of ether oxygens (including phenoxy) is 2. The average Bonchev–Trinajstić information content (AvgIpc) is 3.24. The number of aromatic nitrogens is 1. The van der Waals surface area contributed by atoms with Gasteiger partial charge in [0, 0.05) is 43.3 Å². The van der Waals surface area contributed by atoms with Gasteiger partial charge in [0.25, 0.3) is 0 Å². The Kier molecular flexibility index (Phi) is 8.03. The number of benzene rings is 2. The summed E-state index contributed by atoms with van der Waals surface area (Å²) in [5.41, 5.74) is 3.66. The maximum atomic E-state index is 15.3. The van der Waals surface area contributed by atoms with Gasteiger partial charge in [0.15, 0.2) is 12.4 Å². The molecule has 37 heavy (non-hydrogen) atoms. The van der Waals surface area contributed by atoms with Crippen LogP contribution in [0.4, 0.5) is 14.9 Å². The molecule has 9 heteroatoms. The van der Waals surface area contributed by atoms with Crippen molar-refractivity contribution in [3.8, 4) is 16.9 Å². The number of hydrogen-bond donors (Lipinski definition) is 1. The summed E-state index contributed by atoms with van der Waals surface area (Å²) in [7, 11) is 5.61. The van der Waals surface area contributed by atoms with Crippen LogP contribution in [0, 0.1) is 5.82 Å². The molecule has 2 amide bonds. The number of halogens is 1. The van der Waals surface area contributed by atoms with Crippen LogP contribution >= 0.6 is 0 Å². The fourth-order valence-corrected chi connectivity index (χ4v) is 4.36. The number of rotatable bonds is 9. The van der Waals surface area contributed by atoms with Crippen LogP contribution < -0.4 is 19.5 Å². The van der Waals surface area contributed by atoms with Crippen molar-refractivity contribution in [2.24, 2.45) is 7.05 Å². The molecule has 3 aromatic rings. The van der Waals surface area contributed by atoms with E-state index in [9.17, 15) is 9.59 Å². The maximum absolute atomic E-state index is 15.3. The van der Waals surface area contributed by atoms with Crippen molar-refractivity contribution < 1.29 is 28.0 Å². The van der Waals surface area contributed by atoms with Gasteiger partial charge in [-0.1, -0.05) is 12.1 Å². The normalized spacial score (nSPS) is 15.1. The zero-order valence-corrected chi connectivity index (χ0v) is 21.5. The zero-order chi connectivity index (χ0) is 26.5. The molecule has 0 aliphatic carbocycles. The predicted octanol–water partition coefficient (Wildman–Crippen LogP) is 3.42. The molecule has 0 saturated carbocycles. The number of carbonyl (C=O) groups excluding carboxylic acids is 2. The SMILES string of the molecule is COc1cc(CN(C)Cc2cc[n+](C)cc2)ccc1-c1ccc(N2C[C@H](CNC(C)=O)OC2=O)cc1F. The van der Waals surface area contributed by atoms with Crippen LogP contribution in [0.3, 0.4) is 0 Å². The van der Waals surface area contributed by atoms with Crippen LogP contribution in [0.5, 0.6) is 5.75 Å². The van der Waals surface area contributed by atoms with Gasteiger partial charge in [-0.25, -0.2) is 13.8 Å². The highest BCUT2D eigenvalue weighted by molar-refractivity contribution is 5.90. The highest BCUT2D eigenvalue weighted by Crippen LogP contribution is 2.35. The molecule has 0 bridgehead atoms. The number of aryl methyl sites for hydroxylation is 1. The van der Waals surface area contributed by atoms with Gasteiger partial charge >= 0.3 is 6.09 Å². The topological polar surface area (TPSA) is 75.0 Å². The molecule has 1 fully saturated rings. The quantitative estimate of drug-likeness (QED) is 0.450. The Hall–Kier alpha value is -3.98. The standard InChI is InChI=1S/C28H31FN4O4/c1-19(34)30-15-23-18-33(28(35)37-23)22-6-8-24(26(29)14-22)25-7-5-21(13-27(25)36-4)17-32(3)16-20-9-11-31(2)12-10-20/h5-14,23H,15-18H2,1-4H3/p+1/t23-/m0/s1. The Bertz CT molecular complexity index is 1280. The largest absolute Gasteiger partial charge is 0.496 e. The van der Waals surface area contributed by atoms with Crippen molar-refractivity contribution in [3.63, 3.8) is 0 Å². The van der Waals surface area contributed by atoms with E-state index < -0.39 is 18.0 Å². The second-order valence-electron chi connectivity index (χ2n) is 9.30. The van der Waals surface area contributed by atoms with E-state index in [1.54, 1.807) is 19.2 Å². The van der Waals surface area contributed by atoms with Crippen LogP contribution in [0.2, 0.25) is 0 Å². The summed E-state index contributed by atoms with van der Waals surface area (Å²) < 4.78 is 28.2. The average molecular weight is 508 g/mol. The Morgan fingerprint density at radius 1 is 1.14 bits per heavy atom. The Balaban J connectivity index is 1.47. The minimum absolute atomic E-state index is 0.207. The Morgan fingerprint density at radius 3 is 2.51 bits per heavy atom. The molecule has 8 nitrogen and oxygen atoms in total. The number of nitrogens with zero attached hydrogens (tertiary/aromatic N) is 3. The predicted molar refractivity (Wildman–Crippen MR) is 137 cm³/mol. The van der Waals surface area contributed by atoms with Gasteiger partial charge in [0.2, 0.25) is 5.91 Å². The van der Waals surface area contributed by atoms with E-state index in [4.69, 9.17) is 9.47 Å². The first-order valence-electron chi connectivity index (χ1n) is 12.1. The van der Waals surface area contributed by atoms with Gasteiger partial charge in [-0.05, 0) is 42.4 Å². The molecule has 0 spiro atoms. The first kappa shape index (κ1) is 26.1. The van der Waals surface area contributed by atoms with Crippen LogP contribution in [-0.4, -0.2) is 50.3 Å². The third-order valence-electron chi connectivity index (χ3n) is 6.23. The Morgan fingerprint density at radius 2 is 1.84 bits per heavy atom. The molecule has 1 saturated heterocycles. The van der Waals surface area contributed by atoms with E-state index in [1.165, 1.54) is 23.5 Å². The highest BCUT2D eigenvalue weighted by Gasteiger charge is 2.32. The first-order valence-corrected chi connectivity index (χ1v) is 12.1. The minimum atomic E-state index is -0.571. The number of methoxy groups -OCH3 is 1. The summed E-state index contributed by atoms with van der Waals surface area (Å²) in [6.07, 6.45) is 2.99. The van der Waals surface area contributed by atoms with Crippen LogP contribution in [-0.2, 0) is 29.7 Å². The lowest BCUT2D eigenvalue weighted by molar-refractivity contribution is -0.671. The van der Waals surface area contributed by atoms with Crippen molar-refractivity contribution in [1.82, 2.24) is 10.2 Å². The Labute approximate surface area is 216 Å². The summed E-state index contributed by atoms with van der Waals surface area (Å²) in [5, 5.41) is 2.63. The number of cyclic esters (lactones) is 1. The van der Waals surface area contributed by atoms with E-state index >= 15 is 4.39 Å². The minimum Gasteiger partial charge on any atom is -0.496 e. The van der Waals surface area contributed by atoms with Crippen LogP contribution in [0.1, 0.15) is 18.1 Å². The molecule has 4 rings (SSSR count). The highest BCUT2D eigenvalue weighted by atomic mass is 19.1. The van der Waals surface area contributed by atoms with Crippen LogP contribution in [0.25, 0.3) is 11.1 Å². The first-order chi connectivity index (χ1) is 17.7. The third-order valence-corrected chi connectivity index (χ3v) is 6.23. The summed E-state index contributed by atoms with van der Waals surface area (Å²) in [6, 6.07) is 14.6. The molecule has 1 N–H and O–H groups in total. The third kappa shape index (κ3) is 6.42. The fourth-order valence-electron chi connectivity index (χ4n) is 4.36. The molecular weight excluding hydrogens is 475 g/mol. The molecule has 2 heterocycles. The van der Waals surface area contributed by atoms with Crippen molar-refractivity contribution >= 4 is 17.7 Å². The summed E-state index contributed by atoms with van der Waals surface area (Å²) in [5.74, 6) is -0.113. The van der Waals surface area contributed by atoms with E-state index in [-0.39, 0.29) is 19.0 Å². The van der Waals surface area contributed by atoms with Gasteiger partial charge in [0.1, 0.15) is 24.7 Å². The number of amides is 2. The number of nitrogens with one attached hydrogen (secondary N) is 1. The van der Waals surface area contributed by atoms with Crippen molar-refractivity contribution in [1.29, 1.82) is 0 Å². The molecule has 0 radical (unpaired) electrons. The number of carbonyl (C=O) groups is 2. The molecule has 2 aromatic carbocycles.